The molecule has 10 heavy (non-hydrogen) atoms. The summed E-state index contributed by atoms with van der Waals surface area (Å²) < 4.78 is 5.39. The molecule has 0 saturated heterocycles. The van der Waals surface area contributed by atoms with Crippen molar-refractivity contribution in [2.45, 2.75) is 44.8 Å². The minimum absolute atomic E-state index is 0.309. The van der Waals surface area contributed by atoms with Crippen molar-refractivity contribution >= 4 is 0 Å². The first-order chi connectivity index (χ1) is 4.83. The van der Waals surface area contributed by atoms with Gasteiger partial charge in [-0.1, -0.05) is 0 Å². The molecule has 0 heterocycles. The summed E-state index contributed by atoms with van der Waals surface area (Å²) in [6, 6.07) is 0. The zero-order chi connectivity index (χ0) is 7.40. The summed E-state index contributed by atoms with van der Waals surface area (Å²) in [5, 5.41) is 10.8. The van der Waals surface area contributed by atoms with Crippen molar-refractivity contribution in [1.29, 1.82) is 0 Å². The van der Waals surface area contributed by atoms with Gasteiger partial charge in [-0.3, -0.25) is 0 Å². The SMILES string of the molecule is CCOC1CCC([O])CC1. The lowest BCUT2D eigenvalue weighted by Gasteiger charge is -2.23. The molecule has 0 spiro atoms. The van der Waals surface area contributed by atoms with Crippen molar-refractivity contribution < 1.29 is 9.84 Å². The zero-order valence-corrected chi connectivity index (χ0v) is 6.51. The van der Waals surface area contributed by atoms with Crippen LogP contribution in [0.2, 0.25) is 0 Å². The van der Waals surface area contributed by atoms with Gasteiger partial charge in [-0.2, -0.15) is 0 Å². The Morgan fingerprint density at radius 2 is 1.90 bits per heavy atom. The second-order valence-corrected chi connectivity index (χ2v) is 2.85. The monoisotopic (exact) mass is 143 g/mol. The Kier molecular flexibility index (Phi) is 3.16. The normalized spacial score (nSPS) is 34.2. The van der Waals surface area contributed by atoms with Crippen LogP contribution in [0.1, 0.15) is 32.6 Å². The van der Waals surface area contributed by atoms with Crippen LogP contribution in [0.3, 0.4) is 0 Å². The maximum absolute atomic E-state index is 10.8. The quantitative estimate of drug-likeness (QED) is 0.579. The number of rotatable bonds is 2. The Hall–Kier alpha value is -0.0800. The number of hydrogen-bond acceptors (Lipinski definition) is 1. The van der Waals surface area contributed by atoms with E-state index in [0.717, 1.165) is 32.3 Å². The van der Waals surface area contributed by atoms with Gasteiger partial charge in [-0.05, 0) is 32.6 Å². The summed E-state index contributed by atoms with van der Waals surface area (Å²) >= 11 is 0. The van der Waals surface area contributed by atoms with Gasteiger partial charge in [0.2, 0.25) is 0 Å². The molecule has 0 unspecified atom stereocenters. The standard InChI is InChI=1S/C8H15O2/c1-2-10-8-5-3-7(9)4-6-8/h7-8H,2-6H2,1H3. The molecule has 1 fully saturated rings. The fraction of sp³-hybridized carbons (Fsp3) is 1.00. The van der Waals surface area contributed by atoms with E-state index in [9.17, 15) is 5.11 Å². The highest BCUT2D eigenvalue weighted by Gasteiger charge is 2.19. The van der Waals surface area contributed by atoms with Crippen LogP contribution in [0.15, 0.2) is 0 Å². The molecule has 1 rings (SSSR count). The maximum atomic E-state index is 10.8. The van der Waals surface area contributed by atoms with Gasteiger partial charge in [0.25, 0.3) is 0 Å². The molecule has 0 aromatic heterocycles. The van der Waals surface area contributed by atoms with Gasteiger partial charge in [0, 0.05) is 6.61 Å². The van der Waals surface area contributed by atoms with Crippen molar-refractivity contribution in [3.63, 3.8) is 0 Å². The van der Waals surface area contributed by atoms with Gasteiger partial charge in [-0.25, -0.2) is 5.11 Å². The zero-order valence-electron chi connectivity index (χ0n) is 6.51. The van der Waals surface area contributed by atoms with Crippen LogP contribution in [0.25, 0.3) is 0 Å². The number of ether oxygens (including phenoxy) is 1. The van der Waals surface area contributed by atoms with Crippen molar-refractivity contribution in [1.82, 2.24) is 0 Å². The van der Waals surface area contributed by atoms with Gasteiger partial charge in [0.05, 0.1) is 12.2 Å². The van der Waals surface area contributed by atoms with Crippen LogP contribution in [0, 0.1) is 0 Å². The lowest BCUT2D eigenvalue weighted by Crippen LogP contribution is -2.23. The topological polar surface area (TPSA) is 29.1 Å². The molecule has 1 aliphatic rings. The summed E-state index contributed by atoms with van der Waals surface area (Å²) in [5.74, 6) is 0. The summed E-state index contributed by atoms with van der Waals surface area (Å²) in [4.78, 5) is 0. The molecule has 0 N–H and O–H groups in total. The smallest absolute Gasteiger partial charge is 0.0932 e. The Morgan fingerprint density at radius 1 is 1.30 bits per heavy atom. The van der Waals surface area contributed by atoms with Crippen LogP contribution in [0.4, 0.5) is 0 Å². The molecule has 59 valence electrons. The van der Waals surface area contributed by atoms with E-state index < -0.39 is 0 Å². The largest absolute Gasteiger partial charge is 0.379 e. The molecule has 0 atom stereocenters. The van der Waals surface area contributed by atoms with E-state index in [1.54, 1.807) is 0 Å². The second kappa shape index (κ2) is 3.94. The van der Waals surface area contributed by atoms with E-state index >= 15 is 0 Å². The van der Waals surface area contributed by atoms with E-state index in [-0.39, 0.29) is 6.10 Å². The third-order valence-electron chi connectivity index (χ3n) is 2.02. The maximum Gasteiger partial charge on any atom is 0.0932 e. The predicted octanol–water partition coefficient (Wildman–Crippen LogP) is 1.76. The molecule has 0 aromatic rings. The van der Waals surface area contributed by atoms with E-state index in [0.29, 0.717) is 6.10 Å². The Bertz CT molecular complexity index is 85.3. The lowest BCUT2D eigenvalue weighted by molar-refractivity contribution is -0.0195. The van der Waals surface area contributed by atoms with Crippen molar-refractivity contribution in [3.05, 3.63) is 0 Å². The van der Waals surface area contributed by atoms with Gasteiger partial charge in [-0.15, -0.1) is 0 Å². The third-order valence-corrected chi connectivity index (χ3v) is 2.02. The highest BCUT2D eigenvalue weighted by atomic mass is 16.5. The van der Waals surface area contributed by atoms with E-state index in [1.165, 1.54) is 0 Å². The molecule has 0 bridgehead atoms. The Labute approximate surface area is 62.2 Å². The average Bonchev–Trinajstić information content (AvgIpc) is 1.95. The van der Waals surface area contributed by atoms with Crippen LogP contribution in [-0.2, 0) is 9.84 Å². The lowest BCUT2D eigenvalue weighted by atomic mass is 9.95. The molecular formula is C8H15O2. The third kappa shape index (κ3) is 2.27. The van der Waals surface area contributed by atoms with Crippen LogP contribution in [-0.4, -0.2) is 18.8 Å². The van der Waals surface area contributed by atoms with Gasteiger partial charge < -0.3 is 4.74 Å². The molecule has 0 amide bonds. The highest BCUT2D eigenvalue weighted by Crippen LogP contribution is 2.20. The first-order valence-corrected chi connectivity index (χ1v) is 4.10. The van der Waals surface area contributed by atoms with Crippen molar-refractivity contribution in [2.24, 2.45) is 0 Å². The van der Waals surface area contributed by atoms with Crippen molar-refractivity contribution in [2.75, 3.05) is 6.61 Å². The van der Waals surface area contributed by atoms with Gasteiger partial charge in [0.1, 0.15) is 0 Å². The molecule has 1 aliphatic carbocycles. The molecule has 1 radical (unpaired) electrons. The van der Waals surface area contributed by atoms with Gasteiger partial charge >= 0.3 is 0 Å². The van der Waals surface area contributed by atoms with Gasteiger partial charge in [0.15, 0.2) is 0 Å². The summed E-state index contributed by atoms with van der Waals surface area (Å²) in [5.41, 5.74) is 0. The van der Waals surface area contributed by atoms with E-state index in [2.05, 4.69) is 0 Å². The van der Waals surface area contributed by atoms with Crippen LogP contribution < -0.4 is 0 Å². The van der Waals surface area contributed by atoms with Crippen LogP contribution >= 0.6 is 0 Å². The first-order valence-electron chi connectivity index (χ1n) is 4.10. The fourth-order valence-electron chi connectivity index (χ4n) is 1.43. The van der Waals surface area contributed by atoms with Crippen LogP contribution in [0.5, 0.6) is 0 Å². The molecule has 2 nitrogen and oxygen atoms in total. The average molecular weight is 143 g/mol. The first kappa shape index (κ1) is 8.02. The minimum Gasteiger partial charge on any atom is -0.379 e. The molecule has 1 saturated carbocycles. The summed E-state index contributed by atoms with van der Waals surface area (Å²) in [6.07, 6.45) is 3.64. The predicted molar refractivity (Wildman–Crippen MR) is 38.4 cm³/mol. The van der Waals surface area contributed by atoms with Crippen molar-refractivity contribution in [3.8, 4) is 0 Å². The highest BCUT2D eigenvalue weighted by molar-refractivity contribution is 4.70. The molecule has 0 aliphatic heterocycles. The Balaban J connectivity index is 2.13. The van der Waals surface area contributed by atoms with E-state index in [1.807, 2.05) is 6.92 Å². The molecular weight excluding hydrogens is 128 g/mol. The molecule has 0 aromatic carbocycles. The molecule has 2 heteroatoms. The number of hydrogen-bond donors (Lipinski definition) is 0. The summed E-state index contributed by atoms with van der Waals surface area (Å²) in [7, 11) is 0. The summed E-state index contributed by atoms with van der Waals surface area (Å²) in [6.45, 7) is 2.79. The van der Waals surface area contributed by atoms with E-state index in [4.69, 9.17) is 4.74 Å². The Morgan fingerprint density at radius 3 is 2.40 bits per heavy atom. The second-order valence-electron chi connectivity index (χ2n) is 2.85. The fourth-order valence-corrected chi connectivity index (χ4v) is 1.43. The minimum atomic E-state index is -0.309.